The molecule has 0 saturated heterocycles. The van der Waals surface area contributed by atoms with E-state index in [0.29, 0.717) is 23.5 Å². The predicted octanol–water partition coefficient (Wildman–Crippen LogP) is 2.42. The maximum atomic E-state index is 12.4. The summed E-state index contributed by atoms with van der Waals surface area (Å²) in [5.74, 6) is 0.655. The number of rotatable bonds is 8. The molecule has 1 aromatic carbocycles. The minimum Gasteiger partial charge on any atom is -0.495 e. The van der Waals surface area contributed by atoms with Crippen LogP contribution in [0.25, 0.3) is 0 Å². The van der Waals surface area contributed by atoms with Crippen LogP contribution in [0.5, 0.6) is 5.75 Å². The summed E-state index contributed by atoms with van der Waals surface area (Å²) in [6, 6.07) is 9.17. The molecule has 0 spiro atoms. The number of methoxy groups -OCH3 is 1. The molecule has 0 radical (unpaired) electrons. The van der Waals surface area contributed by atoms with E-state index in [2.05, 4.69) is 16.8 Å². The average molecular weight is 313 g/mol. The number of Topliss-reactive ketones (excluding diaryl/α,β-unsaturated/α-hetero) is 1. The van der Waals surface area contributed by atoms with Crippen molar-refractivity contribution >= 4 is 11.5 Å². The van der Waals surface area contributed by atoms with Crippen LogP contribution in [-0.4, -0.2) is 42.4 Å². The van der Waals surface area contributed by atoms with Crippen LogP contribution in [-0.2, 0) is 6.42 Å². The highest BCUT2D eigenvalue weighted by Crippen LogP contribution is 2.22. The number of hydrogen-bond acceptors (Lipinski definition) is 5. The predicted molar refractivity (Wildman–Crippen MR) is 91.8 cm³/mol. The Kier molecular flexibility index (Phi) is 6.11. The fourth-order valence-electron chi connectivity index (χ4n) is 2.39. The van der Waals surface area contributed by atoms with Gasteiger partial charge in [0.05, 0.1) is 19.3 Å². The second kappa shape index (κ2) is 8.29. The van der Waals surface area contributed by atoms with Gasteiger partial charge in [-0.3, -0.25) is 14.7 Å². The Labute approximate surface area is 137 Å². The lowest BCUT2D eigenvalue weighted by atomic mass is 10.1. The number of likely N-dealkylation sites (N-methyl/N-ethyl adjacent to an activating group) is 1. The van der Waals surface area contributed by atoms with Gasteiger partial charge in [0, 0.05) is 24.5 Å². The van der Waals surface area contributed by atoms with Crippen LogP contribution in [0, 0.1) is 0 Å². The number of ketones is 1. The lowest BCUT2D eigenvalue weighted by molar-refractivity contribution is 0.0934. The fraction of sp³-hybridized carbons (Fsp3) is 0.333. The highest BCUT2D eigenvalue weighted by Gasteiger charge is 2.13. The second-order valence-corrected chi connectivity index (χ2v) is 5.35. The van der Waals surface area contributed by atoms with E-state index in [1.54, 1.807) is 37.7 Å². The lowest BCUT2D eigenvalue weighted by Gasteiger charge is -2.19. The quantitative estimate of drug-likeness (QED) is 0.599. The summed E-state index contributed by atoms with van der Waals surface area (Å²) in [4.78, 5) is 18.6. The Morgan fingerprint density at radius 1 is 1.26 bits per heavy atom. The molecule has 0 amide bonds. The summed E-state index contributed by atoms with van der Waals surface area (Å²) in [5, 5.41) is 0. The van der Waals surface area contributed by atoms with Crippen LogP contribution in [0.4, 0.5) is 5.69 Å². The van der Waals surface area contributed by atoms with Gasteiger partial charge in [-0.15, -0.1) is 0 Å². The van der Waals surface area contributed by atoms with Crippen LogP contribution >= 0.6 is 0 Å². The van der Waals surface area contributed by atoms with Gasteiger partial charge in [-0.2, -0.15) is 0 Å². The zero-order valence-electron chi connectivity index (χ0n) is 13.7. The maximum absolute atomic E-state index is 12.4. The van der Waals surface area contributed by atoms with Crippen LogP contribution in [0.1, 0.15) is 22.8 Å². The summed E-state index contributed by atoms with van der Waals surface area (Å²) in [7, 11) is 1.56. The van der Waals surface area contributed by atoms with E-state index < -0.39 is 0 Å². The molecule has 0 fully saturated rings. The van der Waals surface area contributed by atoms with Crippen molar-refractivity contribution in [3.8, 4) is 5.75 Å². The van der Waals surface area contributed by atoms with Crippen molar-refractivity contribution in [3.05, 3.63) is 53.9 Å². The third kappa shape index (κ3) is 4.79. The largest absolute Gasteiger partial charge is 0.495 e. The Morgan fingerprint density at radius 3 is 2.61 bits per heavy atom. The van der Waals surface area contributed by atoms with Gasteiger partial charge in [-0.05, 0) is 48.9 Å². The third-order valence-corrected chi connectivity index (χ3v) is 3.83. The first-order chi connectivity index (χ1) is 11.1. The molecule has 0 bridgehead atoms. The second-order valence-electron chi connectivity index (χ2n) is 5.35. The summed E-state index contributed by atoms with van der Waals surface area (Å²) in [6.45, 7) is 4.09. The summed E-state index contributed by atoms with van der Waals surface area (Å²) in [6.07, 6.45) is 4.47. The molecule has 0 atom stereocenters. The molecule has 122 valence electrons. The normalized spacial score (nSPS) is 10.7. The molecule has 0 aliphatic carbocycles. The molecule has 0 saturated carbocycles. The SMILES string of the molecule is CCN(CCc1ccncc1)CC(=O)c1ccc(OC)c(N)c1. The molecule has 23 heavy (non-hydrogen) atoms. The van der Waals surface area contributed by atoms with Crippen molar-refractivity contribution in [3.63, 3.8) is 0 Å². The lowest BCUT2D eigenvalue weighted by Crippen LogP contribution is -2.31. The van der Waals surface area contributed by atoms with Gasteiger partial charge < -0.3 is 10.5 Å². The van der Waals surface area contributed by atoms with Gasteiger partial charge in [-0.25, -0.2) is 0 Å². The molecular formula is C18H23N3O2. The third-order valence-electron chi connectivity index (χ3n) is 3.83. The summed E-state index contributed by atoms with van der Waals surface area (Å²) < 4.78 is 5.12. The number of aromatic nitrogens is 1. The van der Waals surface area contributed by atoms with E-state index in [1.807, 2.05) is 12.1 Å². The Balaban J connectivity index is 1.95. The Hall–Kier alpha value is -2.40. The van der Waals surface area contributed by atoms with Crippen molar-refractivity contribution in [2.24, 2.45) is 0 Å². The van der Waals surface area contributed by atoms with Gasteiger partial charge in [-0.1, -0.05) is 6.92 Å². The topological polar surface area (TPSA) is 68.5 Å². The smallest absolute Gasteiger partial charge is 0.176 e. The highest BCUT2D eigenvalue weighted by atomic mass is 16.5. The molecule has 1 heterocycles. The number of hydrogen-bond donors (Lipinski definition) is 1. The van der Waals surface area contributed by atoms with Crippen molar-refractivity contribution in [1.82, 2.24) is 9.88 Å². The standard InChI is InChI=1S/C18H23N3O2/c1-3-21(11-8-14-6-9-20-10-7-14)13-17(22)15-4-5-18(23-2)16(19)12-15/h4-7,9-10,12H,3,8,11,13,19H2,1-2H3. The van der Waals surface area contributed by atoms with E-state index >= 15 is 0 Å². The Morgan fingerprint density at radius 2 is 2.00 bits per heavy atom. The van der Waals surface area contributed by atoms with Crippen molar-refractivity contribution in [2.75, 3.05) is 32.5 Å². The molecule has 5 heteroatoms. The first-order valence-corrected chi connectivity index (χ1v) is 7.72. The molecule has 2 rings (SSSR count). The van der Waals surface area contributed by atoms with Gasteiger partial charge in [0.1, 0.15) is 5.75 Å². The number of nitrogens with two attached hydrogens (primary N) is 1. The van der Waals surface area contributed by atoms with E-state index in [4.69, 9.17) is 10.5 Å². The zero-order chi connectivity index (χ0) is 16.7. The number of carbonyl (C=O) groups is 1. The minimum atomic E-state index is 0.0657. The molecule has 1 aromatic heterocycles. The monoisotopic (exact) mass is 313 g/mol. The molecular weight excluding hydrogens is 290 g/mol. The van der Waals surface area contributed by atoms with Crippen molar-refractivity contribution in [1.29, 1.82) is 0 Å². The van der Waals surface area contributed by atoms with Gasteiger partial charge in [0.2, 0.25) is 0 Å². The summed E-state index contributed by atoms with van der Waals surface area (Å²) >= 11 is 0. The number of nitrogens with zero attached hydrogens (tertiary/aromatic N) is 2. The minimum absolute atomic E-state index is 0.0657. The van der Waals surface area contributed by atoms with Crippen LogP contribution in [0.15, 0.2) is 42.7 Å². The summed E-state index contributed by atoms with van der Waals surface area (Å²) in [5.41, 5.74) is 8.19. The molecule has 5 nitrogen and oxygen atoms in total. The average Bonchev–Trinajstić information content (AvgIpc) is 2.59. The zero-order valence-corrected chi connectivity index (χ0v) is 13.7. The van der Waals surface area contributed by atoms with E-state index in [1.165, 1.54) is 5.56 Å². The van der Waals surface area contributed by atoms with E-state index in [-0.39, 0.29) is 5.78 Å². The molecule has 2 N–H and O–H groups in total. The molecule has 0 unspecified atom stereocenters. The first kappa shape index (κ1) is 17.0. The number of nitrogen functional groups attached to an aromatic ring is 1. The molecule has 0 aliphatic rings. The van der Waals surface area contributed by atoms with E-state index in [9.17, 15) is 4.79 Å². The van der Waals surface area contributed by atoms with Crippen molar-refractivity contribution in [2.45, 2.75) is 13.3 Å². The maximum Gasteiger partial charge on any atom is 0.176 e. The Bertz CT molecular complexity index is 644. The highest BCUT2D eigenvalue weighted by molar-refractivity contribution is 5.98. The van der Waals surface area contributed by atoms with Crippen molar-refractivity contribution < 1.29 is 9.53 Å². The van der Waals surface area contributed by atoms with Gasteiger partial charge >= 0.3 is 0 Å². The van der Waals surface area contributed by atoms with Gasteiger partial charge in [0.15, 0.2) is 5.78 Å². The van der Waals surface area contributed by atoms with Crippen LogP contribution in [0.2, 0.25) is 0 Å². The molecule has 0 aliphatic heterocycles. The number of carbonyl (C=O) groups excluding carboxylic acids is 1. The number of pyridine rings is 1. The van der Waals surface area contributed by atoms with Crippen LogP contribution in [0.3, 0.4) is 0 Å². The van der Waals surface area contributed by atoms with E-state index in [0.717, 1.165) is 19.5 Å². The number of ether oxygens (including phenoxy) is 1. The number of benzene rings is 1. The fourth-order valence-corrected chi connectivity index (χ4v) is 2.39. The first-order valence-electron chi connectivity index (χ1n) is 7.72. The van der Waals surface area contributed by atoms with Gasteiger partial charge in [0.25, 0.3) is 0 Å². The number of anilines is 1. The van der Waals surface area contributed by atoms with Crippen LogP contribution < -0.4 is 10.5 Å². The molecule has 2 aromatic rings.